The standard InChI is InChI=1S/C15H11FN2O2/c1-8-2-4-10-11(6-8)15(20)18(14(10)19)13-7-9(17)3-5-12(13)16/h2-7H,17H2,1H3. The third-order valence-electron chi connectivity index (χ3n) is 3.25. The molecule has 1 aliphatic heterocycles. The van der Waals surface area contributed by atoms with E-state index in [0.717, 1.165) is 16.5 Å². The molecule has 20 heavy (non-hydrogen) atoms. The van der Waals surface area contributed by atoms with Crippen molar-refractivity contribution >= 4 is 23.2 Å². The summed E-state index contributed by atoms with van der Waals surface area (Å²) in [4.78, 5) is 25.4. The molecular weight excluding hydrogens is 259 g/mol. The van der Waals surface area contributed by atoms with Crippen LogP contribution in [0, 0.1) is 12.7 Å². The molecule has 1 heterocycles. The van der Waals surface area contributed by atoms with Crippen molar-refractivity contribution in [2.45, 2.75) is 6.92 Å². The smallest absolute Gasteiger partial charge is 0.266 e. The van der Waals surface area contributed by atoms with Crippen LogP contribution in [0.5, 0.6) is 0 Å². The maximum Gasteiger partial charge on any atom is 0.266 e. The van der Waals surface area contributed by atoms with E-state index in [4.69, 9.17) is 5.73 Å². The van der Waals surface area contributed by atoms with Gasteiger partial charge < -0.3 is 5.73 Å². The van der Waals surface area contributed by atoms with E-state index in [9.17, 15) is 14.0 Å². The first-order valence-electron chi connectivity index (χ1n) is 6.03. The van der Waals surface area contributed by atoms with Gasteiger partial charge in [0.2, 0.25) is 0 Å². The summed E-state index contributed by atoms with van der Waals surface area (Å²) in [7, 11) is 0. The topological polar surface area (TPSA) is 63.4 Å². The van der Waals surface area contributed by atoms with Gasteiger partial charge in [-0.25, -0.2) is 9.29 Å². The van der Waals surface area contributed by atoms with Crippen molar-refractivity contribution in [3.63, 3.8) is 0 Å². The van der Waals surface area contributed by atoms with Gasteiger partial charge in [0.1, 0.15) is 5.82 Å². The van der Waals surface area contributed by atoms with Crippen molar-refractivity contribution in [1.29, 1.82) is 0 Å². The van der Waals surface area contributed by atoms with Gasteiger partial charge in [-0.05, 0) is 37.3 Å². The molecule has 2 aromatic carbocycles. The van der Waals surface area contributed by atoms with Gasteiger partial charge in [0, 0.05) is 5.69 Å². The molecule has 0 bridgehead atoms. The third-order valence-corrected chi connectivity index (χ3v) is 3.25. The Balaban J connectivity index is 2.16. The maximum atomic E-state index is 13.9. The monoisotopic (exact) mass is 270 g/mol. The highest BCUT2D eigenvalue weighted by Crippen LogP contribution is 2.31. The first-order chi connectivity index (χ1) is 9.49. The van der Waals surface area contributed by atoms with E-state index in [1.165, 1.54) is 12.1 Å². The van der Waals surface area contributed by atoms with Gasteiger partial charge in [0.05, 0.1) is 16.8 Å². The predicted molar refractivity (Wildman–Crippen MR) is 73.1 cm³/mol. The van der Waals surface area contributed by atoms with E-state index in [2.05, 4.69) is 0 Å². The zero-order chi connectivity index (χ0) is 14.4. The Morgan fingerprint density at radius 3 is 2.45 bits per heavy atom. The second-order valence-electron chi connectivity index (χ2n) is 4.71. The van der Waals surface area contributed by atoms with Gasteiger partial charge in [-0.15, -0.1) is 0 Å². The molecule has 5 heteroatoms. The molecule has 0 spiro atoms. The third kappa shape index (κ3) is 1.67. The number of benzene rings is 2. The molecule has 3 rings (SSSR count). The summed E-state index contributed by atoms with van der Waals surface area (Å²) in [5.41, 5.74) is 7.20. The lowest BCUT2D eigenvalue weighted by atomic mass is 10.1. The second kappa shape index (κ2) is 4.16. The van der Waals surface area contributed by atoms with Crippen molar-refractivity contribution in [1.82, 2.24) is 0 Å². The fraction of sp³-hybridized carbons (Fsp3) is 0.0667. The lowest BCUT2D eigenvalue weighted by Crippen LogP contribution is -2.30. The largest absolute Gasteiger partial charge is 0.399 e. The summed E-state index contributed by atoms with van der Waals surface area (Å²) in [5.74, 6) is -1.72. The molecule has 100 valence electrons. The van der Waals surface area contributed by atoms with Gasteiger partial charge in [-0.3, -0.25) is 9.59 Å². The van der Waals surface area contributed by atoms with E-state index in [-0.39, 0.29) is 22.5 Å². The minimum absolute atomic E-state index is 0.117. The van der Waals surface area contributed by atoms with Crippen LogP contribution in [0.2, 0.25) is 0 Å². The van der Waals surface area contributed by atoms with Crippen molar-refractivity contribution in [2.75, 3.05) is 10.6 Å². The Morgan fingerprint density at radius 2 is 1.70 bits per heavy atom. The summed E-state index contributed by atoms with van der Waals surface area (Å²) in [5, 5.41) is 0. The number of aryl methyl sites for hydroxylation is 1. The molecule has 0 aromatic heterocycles. The Bertz CT molecular complexity index is 756. The number of hydrogen-bond donors (Lipinski definition) is 1. The highest BCUT2D eigenvalue weighted by atomic mass is 19.1. The number of anilines is 2. The van der Waals surface area contributed by atoms with Gasteiger partial charge in [-0.1, -0.05) is 11.6 Å². The average Bonchev–Trinajstić information content (AvgIpc) is 2.65. The molecule has 0 saturated heterocycles. The summed E-state index contributed by atoms with van der Waals surface area (Å²) in [6.07, 6.45) is 0. The molecule has 0 saturated carbocycles. The number of nitrogen functional groups attached to an aromatic ring is 1. The molecule has 0 aliphatic carbocycles. The van der Waals surface area contributed by atoms with Crippen molar-refractivity contribution in [3.8, 4) is 0 Å². The number of fused-ring (bicyclic) bond motifs is 1. The Kier molecular flexibility index (Phi) is 2.57. The highest BCUT2D eigenvalue weighted by Gasteiger charge is 2.37. The van der Waals surface area contributed by atoms with E-state index < -0.39 is 17.6 Å². The molecule has 0 radical (unpaired) electrons. The van der Waals surface area contributed by atoms with Crippen molar-refractivity contribution in [3.05, 3.63) is 58.9 Å². The molecule has 2 N–H and O–H groups in total. The summed E-state index contributed by atoms with van der Waals surface area (Å²) in [6.45, 7) is 1.82. The summed E-state index contributed by atoms with van der Waals surface area (Å²) < 4.78 is 13.9. The van der Waals surface area contributed by atoms with Crippen LogP contribution in [0.4, 0.5) is 15.8 Å². The maximum absolute atomic E-state index is 13.9. The van der Waals surface area contributed by atoms with Crippen LogP contribution in [-0.4, -0.2) is 11.8 Å². The predicted octanol–water partition coefficient (Wildman–Crippen LogP) is 2.52. The number of carbonyl (C=O) groups is 2. The SMILES string of the molecule is Cc1ccc2c(c1)C(=O)N(c1cc(N)ccc1F)C2=O. The number of hydrogen-bond acceptors (Lipinski definition) is 3. The molecule has 0 fully saturated rings. The number of amides is 2. The van der Waals surface area contributed by atoms with Crippen LogP contribution in [-0.2, 0) is 0 Å². The molecule has 0 atom stereocenters. The van der Waals surface area contributed by atoms with E-state index >= 15 is 0 Å². The van der Waals surface area contributed by atoms with Gasteiger partial charge in [0.25, 0.3) is 11.8 Å². The second-order valence-corrected chi connectivity index (χ2v) is 4.71. The Hall–Kier alpha value is -2.69. The number of nitrogens with two attached hydrogens (primary N) is 1. The minimum atomic E-state index is -0.662. The van der Waals surface area contributed by atoms with Gasteiger partial charge >= 0.3 is 0 Å². The molecule has 4 nitrogen and oxygen atoms in total. The summed E-state index contributed by atoms with van der Waals surface area (Å²) in [6, 6.07) is 8.74. The van der Waals surface area contributed by atoms with E-state index in [1.807, 2.05) is 6.92 Å². The quantitative estimate of drug-likeness (QED) is 0.639. The number of nitrogens with zero attached hydrogens (tertiary/aromatic N) is 1. The van der Waals surface area contributed by atoms with E-state index in [0.29, 0.717) is 0 Å². The van der Waals surface area contributed by atoms with Crippen molar-refractivity contribution < 1.29 is 14.0 Å². The van der Waals surface area contributed by atoms with Gasteiger partial charge in [0.15, 0.2) is 0 Å². The van der Waals surface area contributed by atoms with Gasteiger partial charge in [-0.2, -0.15) is 0 Å². The first kappa shape index (κ1) is 12.3. The normalized spacial score (nSPS) is 13.8. The Morgan fingerprint density at radius 1 is 1.00 bits per heavy atom. The summed E-state index contributed by atoms with van der Waals surface area (Å²) >= 11 is 0. The average molecular weight is 270 g/mol. The molecule has 1 aliphatic rings. The lowest BCUT2D eigenvalue weighted by molar-refractivity contribution is 0.0925. The number of halogens is 1. The van der Waals surface area contributed by atoms with Crippen LogP contribution < -0.4 is 10.6 Å². The van der Waals surface area contributed by atoms with Crippen LogP contribution in [0.15, 0.2) is 36.4 Å². The van der Waals surface area contributed by atoms with Crippen LogP contribution >= 0.6 is 0 Å². The number of rotatable bonds is 1. The zero-order valence-electron chi connectivity index (χ0n) is 10.7. The number of carbonyl (C=O) groups excluding carboxylic acids is 2. The van der Waals surface area contributed by atoms with Crippen molar-refractivity contribution in [2.24, 2.45) is 0 Å². The van der Waals surface area contributed by atoms with Crippen LogP contribution in [0.25, 0.3) is 0 Å². The Labute approximate surface area is 114 Å². The fourth-order valence-corrected chi connectivity index (χ4v) is 2.27. The molecular formula is C15H11FN2O2. The van der Waals surface area contributed by atoms with E-state index in [1.54, 1.807) is 18.2 Å². The molecule has 2 aromatic rings. The number of imide groups is 1. The first-order valence-corrected chi connectivity index (χ1v) is 6.03. The zero-order valence-corrected chi connectivity index (χ0v) is 10.7. The minimum Gasteiger partial charge on any atom is -0.399 e. The molecule has 2 amide bonds. The fourth-order valence-electron chi connectivity index (χ4n) is 2.27. The molecule has 0 unspecified atom stereocenters. The van der Waals surface area contributed by atoms with Crippen LogP contribution in [0.1, 0.15) is 26.3 Å². The van der Waals surface area contributed by atoms with Crippen LogP contribution in [0.3, 0.4) is 0 Å². The lowest BCUT2D eigenvalue weighted by Gasteiger charge is -2.15. The highest BCUT2D eigenvalue weighted by molar-refractivity contribution is 6.34.